The van der Waals surface area contributed by atoms with Crippen LogP contribution in [0.3, 0.4) is 0 Å². The van der Waals surface area contributed by atoms with Gasteiger partial charge in [-0.1, -0.05) is 72.8 Å². The van der Waals surface area contributed by atoms with Crippen LogP contribution in [0.4, 0.5) is 0 Å². The van der Waals surface area contributed by atoms with Gasteiger partial charge in [0.25, 0.3) is 0 Å². The fraction of sp³-hybridized carbons (Fsp3) is 0.207. The molecule has 3 rings (SSSR count). The summed E-state index contributed by atoms with van der Waals surface area (Å²) in [6, 6.07) is 25.3. The number of carbonyl (C=O) groups excluding carboxylic acids is 1. The second kappa shape index (κ2) is 11.7. The van der Waals surface area contributed by atoms with Gasteiger partial charge in [0.05, 0.1) is 32.7 Å². The zero-order chi connectivity index (χ0) is 23.6. The Kier molecular flexibility index (Phi) is 8.48. The molecule has 170 valence electrons. The molecule has 0 heterocycles. The molecular weight excluding hydrogens is 410 g/mol. The molecule has 0 aliphatic carbocycles. The highest BCUT2D eigenvalue weighted by Gasteiger charge is 2.29. The monoisotopic (exact) mass is 441 g/mol. The fourth-order valence-corrected chi connectivity index (χ4v) is 3.93. The number of amides is 1. The van der Waals surface area contributed by atoms with Crippen molar-refractivity contribution in [3.63, 3.8) is 0 Å². The van der Waals surface area contributed by atoms with Gasteiger partial charge in [-0.25, -0.2) is 0 Å². The molecule has 4 nitrogen and oxygen atoms in total. The Morgan fingerprint density at radius 2 is 1.58 bits per heavy atom. The first-order valence-electron chi connectivity index (χ1n) is 11.0. The van der Waals surface area contributed by atoms with E-state index in [9.17, 15) is 4.79 Å². The Balaban J connectivity index is 2.00. The first-order valence-corrected chi connectivity index (χ1v) is 11.0. The van der Waals surface area contributed by atoms with Crippen molar-refractivity contribution in [1.29, 1.82) is 0 Å². The van der Waals surface area contributed by atoms with E-state index in [0.717, 1.165) is 16.7 Å². The summed E-state index contributed by atoms with van der Waals surface area (Å²) in [7, 11) is 3.24. The lowest BCUT2D eigenvalue weighted by atomic mass is 9.95. The first-order chi connectivity index (χ1) is 16.1. The van der Waals surface area contributed by atoms with Crippen molar-refractivity contribution in [1.82, 2.24) is 4.90 Å². The molecule has 0 saturated heterocycles. The van der Waals surface area contributed by atoms with Gasteiger partial charge < -0.3 is 14.4 Å². The van der Waals surface area contributed by atoms with Gasteiger partial charge in [-0.2, -0.15) is 0 Å². The van der Waals surface area contributed by atoms with Crippen LogP contribution in [-0.4, -0.2) is 25.0 Å². The van der Waals surface area contributed by atoms with Crippen LogP contribution in [0.15, 0.2) is 104 Å². The minimum Gasteiger partial charge on any atom is -0.497 e. The SMILES string of the molecule is C=C[C@H](c1ccccc1)N(Cc1ccc(OC)cc1OC)C(=O)[C@@H](C=C)Cc1ccccc1. The number of nitrogens with zero attached hydrogens (tertiary/aromatic N) is 1. The van der Waals surface area contributed by atoms with E-state index in [1.807, 2.05) is 89.8 Å². The zero-order valence-corrected chi connectivity index (χ0v) is 19.3. The zero-order valence-electron chi connectivity index (χ0n) is 19.3. The number of hydrogen-bond donors (Lipinski definition) is 0. The third-order valence-electron chi connectivity index (χ3n) is 5.72. The summed E-state index contributed by atoms with van der Waals surface area (Å²) in [6.07, 6.45) is 4.13. The van der Waals surface area contributed by atoms with E-state index in [1.165, 1.54) is 0 Å². The largest absolute Gasteiger partial charge is 0.497 e. The van der Waals surface area contributed by atoms with Crippen molar-refractivity contribution in [2.24, 2.45) is 5.92 Å². The van der Waals surface area contributed by atoms with Crippen LogP contribution in [0.5, 0.6) is 11.5 Å². The van der Waals surface area contributed by atoms with Gasteiger partial charge in [0.15, 0.2) is 0 Å². The van der Waals surface area contributed by atoms with Crippen molar-refractivity contribution in [2.75, 3.05) is 14.2 Å². The highest BCUT2D eigenvalue weighted by atomic mass is 16.5. The van der Waals surface area contributed by atoms with E-state index in [0.29, 0.717) is 24.5 Å². The van der Waals surface area contributed by atoms with Gasteiger partial charge in [-0.05, 0) is 29.7 Å². The summed E-state index contributed by atoms with van der Waals surface area (Å²) < 4.78 is 10.9. The molecule has 0 aliphatic heterocycles. The highest BCUT2D eigenvalue weighted by Crippen LogP contribution is 2.31. The third-order valence-corrected chi connectivity index (χ3v) is 5.72. The Morgan fingerprint density at radius 1 is 0.909 bits per heavy atom. The maximum atomic E-state index is 13.9. The summed E-state index contributed by atoms with van der Waals surface area (Å²) in [6.45, 7) is 8.38. The van der Waals surface area contributed by atoms with Crippen LogP contribution in [-0.2, 0) is 17.8 Å². The van der Waals surface area contributed by atoms with Crippen LogP contribution in [0, 0.1) is 5.92 Å². The molecule has 0 radical (unpaired) electrons. The summed E-state index contributed by atoms with van der Waals surface area (Å²) in [4.78, 5) is 15.8. The Hall–Kier alpha value is -3.79. The molecule has 1 amide bonds. The quantitative estimate of drug-likeness (QED) is 0.342. The lowest BCUT2D eigenvalue weighted by Crippen LogP contribution is -2.38. The molecule has 0 aliphatic rings. The van der Waals surface area contributed by atoms with Crippen molar-refractivity contribution < 1.29 is 14.3 Å². The molecule has 0 spiro atoms. The van der Waals surface area contributed by atoms with Crippen LogP contribution in [0.1, 0.15) is 22.7 Å². The van der Waals surface area contributed by atoms with E-state index in [2.05, 4.69) is 13.2 Å². The first kappa shape index (κ1) is 23.9. The topological polar surface area (TPSA) is 38.8 Å². The van der Waals surface area contributed by atoms with Crippen LogP contribution >= 0.6 is 0 Å². The minimum atomic E-state index is -0.372. The van der Waals surface area contributed by atoms with Gasteiger partial charge in [0, 0.05) is 11.6 Å². The lowest BCUT2D eigenvalue weighted by Gasteiger charge is -2.33. The maximum Gasteiger partial charge on any atom is 0.230 e. The molecule has 0 N–H and O–H groups in total. The average molecular weight is 442 g/mol. The van der Waals surface area contributed by atoms with E-state index >= 15 is 0 Å². The number of carbonyl (C=O) groups is 1. The molecule has 0 aromatic heterocycles. The van der Waals surface area contributed by atoms with Gasteiger partial charge in [0.1, 0.15) is 11.5 Å². The number of hydrogen-bond acceptors (Lipinski definition) is 3. The van der Waals surface area contributed by atoms with Gasteiger partial charge in [0.2, 0.25) is 5.91 Å². The Labute approximate surface area is 196 Å². The summed E-state index contributed by atoms with van der Waals surface area (Å²) in [5.74, 6) is 0.981. The van der Waals surface area contributed by atoms with Crippen molar-refractivity contribution in [2.45, 2.75) is 19.0 Å². The van der Waals surface area contributed by atoms with E-state index in [4.69, 9.17) is 9.47 Å². The van der Waals surface area contributed by atoms with E-state index < -0.39 is 0 Å². The van der Waals surface area contributed by atoms with Crippen molar-refractivity contribution in [3.8, 4) is 11.5 Å². The van der Waals surface area contributed by atoms with E-state index in [1.54, 1.807) is 20.3 Å². The average Bonchev–Trinajstić information content (AvgIpc) is 2.88. The summed E-state index contributed by atoms with van der Waals surface area (Å²) >= 11 is 0. The van der Waals surface area contributed by atoms with Crippen molar-refractivity contribution in [3.05, 3.63) is 121 Å². The van der Waals surface area contributed by atoms with E-state index in [-0.39, 0.29) is 17.9 Å². The molecular formula is C29H31NO3. The molecule has 0 unspecified atom stereocenters. The predicted molar refractivity (Wildman–Crippen MR) is 133 cm³/mol. The van der Waals surface area contributed by atoms with Crippen molar-refractivity contribution >= 4 is 5.91 Å². The molecule has 3 aromatic rings. The molecule has 4 heteroatoms. The second-order valence-electron chi connectivity index (χ2n) is 7.77. The fourth-order valence-electron chi connectivity index (χ4n) is 3.93. The number of ether oxygens (including phenoxy) is 2. The van der Waals surface area contributed by atoms with Crippen LogP contribution in [0.2, 0.25) is 0 Å². The van der Waals surface area contributed by atoms with Crippen LogP contribution in [0.25, 0.3) is 0 Å². The smallest absolute Gasteiger partial charge is 0.230 e. The highest BCUT2D eigenvalue weighted by molar-refractivity contribution is 5.81. The lowest BCUT2D eigenvalue weighted by molar-refractivity contribution is -0.136. The maximum absolute atomic E-state index is 13.9. The number of benzene rings is 3. The molecule has 0 bridgehead atoms. The number of rotatable bonds is 11. The molecule has 0 fully saturated rings. The molecule has 3 aromatic carbocycles. The Bertz CT molecular complexity index is 1060. The van der Waals surface area contributed by atoms with Crippen LogP contribution < -0.4 is 9.47 Å². The molecule has 33 heavy (non-hydrogen) atoms. The predicted octanol–water partition coefficient (Wildman–Crippen LogP) is 6.00. The second-order valence-corrected chi connectivity index (χ2v) is 7.77. The van der Waals surface area contributed by atoms with Gasteiger partial charge in [-0.15, -0.1) is 13.2 Å². The normalized spacial score (nSPS) is 12.3. The number of methoxy groups -OCH3 is 2. The summed E-state index contributed by atoms with van der Waals surface area (Å²) in [5, 5.41) is 0. The third kappa shape index (κ3) is 5.92. The van der Waals surface area contributed by atoms with Gasteiger partial charge in [-0.3, -0.25) is 4.79 Å². The summed E-state index contributed by atoms with van der Waals surface area (Å²) in [5.41, 5.74) is 2.97. The molecule has 2 atom stereocenters. The minimum absolute atomic E-state index is 0.0134. The van der Waals surface area contributed by atoms with Gasteiger partial charge >= 0.3 is 0 Å². The Morgan fingerprint density at radius 3 is 2.15 bits per heavy atom. The standard InChI is InChI=1S/C29H31NO3/c1-5-23(19-22-13-9-7-10-14-22)29(31)30(27(6-2)24-15-11-8-12-16-24)21-25-17-18-26(32-3)20-28(25)33-4/h5-18,20,23,27H,1-2,19,21H2,3-4H3/t23-,27+/m0/s1. The molecule has 0 saturated carbocycles.